The largest absolute Gasteiger partial charge is 0.216 e. The molecule has 0 spiro atoms. The minimum atomic E-state index is -0.189. The molecular formula is C16H20N4. The highest BCUT2D eigenvalue weighted by molar-refractivity contribution is 5.41. The van der Waals surface area contributed by atoms with Crippen LogP contribution in [-0.2, 0) is 5.41 Å². The maximum absolute atomic E-state index is 9.19. The van der Waals surface area contributed by atoms with E-state index in [4.69, 9.17) is 0 Å². The highest BCUT2D eigenvalue weighted by Crippen LogP contribution is 2.27. The van der Waals surface area contributed by atoms with Crippen LogP contribution in [0.2, 0.25) is 0 Å². The Hall–Kier alpha value is -2.15. The van der Waals surface area contributed by atoms with Gasteiger partial charge in [-0.15, -0.1) is 5.10 Å². The predicted octanol–water partition coefficient (Wildman–Crippen LogP) is 3.56. The monoisotopic (exact) mass is 268 g/mol. The van der Waals surface area contributed by atoms with Gasteiger partial charge in [-0.25, -0.2) is 4.68 Å². The average molecular weight is 268 g/mol. The summed E-state index contributed by atoms with van der Waals surface area (Å²) in [4.78, 5) is 0. The van der Waals surface area contributed by atoms with Gasteiger partial charge in [-0.1, -0.05) is 52.0 Å². The quantitative estimate of drug-likeness (QED) is 0.836. The van der Waals surface area contributed by atoms with Gasteiger partial charge in [0.25, 0.3) is 0 Å². The van der Waals surface area contributed by atoms with Gasteiger partial charge >= 0.3 is 0 Å². The van der Waals surface area contributed by atoms with Crippen molar-refractivity contribution < 1.29 is 0 Å². The van der Waals surface area contributed by atoms with Crippen molar-refractivity contribution in [1.29, 1.82) is 5.26 Å². The molecule has 2 rings (SSSR count). The maximum Gasteiger partial charge on any atom is 0.186 e. The van der Waals surface area contributed by atoms with E-state index in [0.717, 1.165) is 11.4 Å². The molecule has 0 radical (unpaired) electrons. The summed E-state index contributed by atoms with van der Waals surface area (Å²) in [6.45, 7) is 10.5. The van der Waals surface area contributed by atoms with Gasteiger partial charge in [0.1, 0.15) is 6.07 Å². The summed E-state index contributed by atoms with van der Waals surface area (Å²) in [6.07, 6.45) is 0. The minimum Gasteiger partial charge on any atom is -0.216 e. The Morgan fingerprint density at radius 3 is 2.20 bits per heavy atom. The fourth-order valence-electron chi connectivity index (χ4n) is 2.21. The number of benzene rings is 1. The first-order chi connectivity index (χ1) is 9.34. The van der Waals surface area contributed by atoms with Crippen molar-refractivity contribution in [1.82, 2.24) is 15.0 Å². The lowest BCUT2D eigenvalue weighted by Crippen LogP contribution is -2.19. The second-order valence-corrected chi connectivity index (χ2v) is 6.31. The third-order valence-electron chi connectivity index (χ3n) is 3.29. The Morgan fingerprint density at radius 1 is 1.15 bits per heavy atom. The van der Waals surface area contributed by atoms with Gasteiger partial charge in [-0.05, 0) is 23.6 Å². The van der Waals surface area contributed by atoms with Crippen LogP contribution in [0.1, 0.15) is 57.5 Å². The molecule has 0 fully saturated rings. The van der Waals surface area contributed by atoms with E-state index in [0.29, 0.717) is 11.6 Å². The van der Waals surface area contributed by atoms with E-state index < -0.39 is 0 Å². The zero-order valence-electron chi connectivity index (χ0n) is 12.7. The highest BCUT2D eigenvalue weighted by Gasteiger charge is 2.26. The lowest BCUT2D eigenvalue weighted by atomic mass is 9.90. The number of nitriles is 1. The molecule has 4 heteroatoms. The Morgan fingerprint density at radius 2 is 1.75 bits per heavy atom. The van der Waals surface area contributed by atoms with E-state index in [1.807, 2.05) is 12.1 Å². The molecule has 0 amide bonds. The van der Waals surface area contributed by atoms with Crippen molar-refractivity contribution >= 4 is 0 Å². The summed E-state index contributed by atoms with van der Waals surface area (Å²) in [5, 5.41) is 17.3. The molecule has 1 aromatic heterocycles. The first-order valence-corrected chi connectivity index (χ1v) is 6.81. The Kier molecular flexibility index (Phi) is 3.63. The summed E-state index contributed by atoms with van der Waals surface area (Å²) < 4.78 is 1.77. The molecule has 0 bridgehead atoms. The van der Waals surface area contributed by atoms with E-state index in [9.17, 15) is 5.26 Å². The Bertz CT molecular complexity index is 637. The number of nitrogens with zero attached hydrogens (tertiary/aromatic N) is 4. The van der Waals surface area contributed by atoms with Crippen molar-refractivity contribution in [3.63, 3.8) is 0 Å². The van der Waals surface area contributed by atoms with Gasteiger partial charge in [0.2, 0.25) is 0 Å². The molecule has 104 valence electrons. The summed E-state index contributed by atoms with van der Waals surface area (Å²) >= 11 is 0. The van der Waals surface area contributed by atoms with Crippen LogP contribution in [0.5, 0.6) is 0 Å². The van der Waals surface area contributed by atoms with Crippen LogP contribution in [0.3, 0.4) is 0 Å². The van der Waals surface area contributed by atoms with Crippen LogP contribution in [0, 0.1) is 11.3 Å². The maximum atomic E-state index is 9.19. The first-order valence-electron chi connectivity index (χ1n) is 6.81. The van der Waals surface area contributed by atoms with Crippen molar-refractivity contribution in [2.24, 2.45) is 0 Å². The van der Waals surface area contributed by atoms with E-state index in [1.165, 1.54) is 5.56 Å². The van der Waals surface area contributed by atoms with E-state index >= 15 is 0 Å². The molecule has 0 unspecified atom stereocenters. The van der Waals surface area contributed by atoms with Gasteiger partial charge in [-0.2, -0.15) is 5.26 Å². The normalized spacial score (nSPS) is 11.7. The molecule has 1 aromatic carbocycles. The summed E-state index contributed by atoms with van der Waals surface area (Å²) in [5.74, 6) is 0.497. The lowest BCUT2D eigenvalue weighted by Gasteiger charge is -2.20. The molecule has 2 aromatic rings. The summed E-state index contributed by atoms with van der Waals surface area (Å²) in [5.41, 5.74) is 3.27. The van der Waals surface area contributed by atoms with Crippen molar-refractivity contribution in [2.75, 3.05) is 0 Å². The third-order valence-corrected chi connectivity index (χ3v) is 3.29. The molecule has 0 aliphatic heterocycles. The fourth-order valence-corrected chi connectivity index (χ4v) is 2.21. The zero-order chi connectivity index (χ0) is 14.9. The molecule has 0 saturated carbocycles. The van der Waals surface area contributed by atoms with Crippen LogP contribution in [0.4, 0.5) is 0 Å². The fraction of sp³-hybridized carbons (Fsp3) is 0.438. The third kappa shape index (κ3) is 2.57. The summed E-state index contributed by atoms with van der Waals surface area (Å²) in [7, 11) is 0. The molecule has 0 N–H and O–H groups in total. The molecule has 0 aliphatic rings. The topological polar surface area (TPSA) is 54.5 Å². The van der Waals surface area contributed by atoms with Gasteiger partial charge in [0.15, 0.2) is 5.69 Å². The Labute approximate surface area is 120 Å². The van der Waals surface area contributed by atoms with Gasteiger partial charge < -0.3 is 0 Å². The van der Waals surface area contributed by atoms with Gasteiger partial charge in [-0.3, -0.25) is 0 Å². The number of rotatable bonds is 2. The summed E-state index contributed by atoms with van der Waals surface area (Å²) in [6, 6.07) is 10.4. The second-order valence-electron chi connectivity index (χ2n) is 6.31. The zero-order valence-corrected chi connectivity index (χ0v) is 12.7. The van der Waals surface area contributed by atoms with Gasteiger partial charge in [0.05, 0.1) is 11.4 Å². The lowest BCUT2D eigenvalue weighted by molar-refractivity contribution is 0.541. The molecule has 0 atom stereocenters. The molecule has 1 heterocycles. The second kappa shape index (κ2) is 5.09. The van der Waals surface area contributed by atoms with Crippen LogP contribution < -0.4 is 0 Å². The standard InChI is InChI=1S/C16H20N4/c1-11(2)12-6-8-13(9-7-12)20-15(16(3,4)5)14(10-17)18-19-20/h6-9,11H,1-5H3. The van der Waals surface area contributed by atoms with E-state index in [-0.39, 0.29) is 5.41 Å². The van der Waals surface area contributed by atoms with Crippen LogP contribution in [0.15, 0.2) is 24.3 Å². The average Bonchev–Trinajstić information content (AvgIpc) is 2.82. The van der Waals surface area contributed by atoms with Gasteiger partial charge in [0, 0.05) is 5.41 Å². The van der Waals surface area contributed by atoms with E-state index in [2.05, 4.69) is 63.1 Å². The first kappa shape index (κ1) is 14.3. The molecule has 20 heavy (non-hydrogen) atoms. The van der Waals surface area contributed by atoms with Crippen molar-refractivity contribution in [3.8, 4) is 11.8 Å². The SMILES string of the molecule is CC(C)c1ccc(-n2nnc(C#N)c2C(C)(C)C)cc1. The Balaban J connectivity index is 2.54. The molecule has 0 saturated heterocycles. The smallest absolute Gasteiger partial charge is 0.186 e. The minimum absolute atomic E-state index is 0.189. The highest BCUT2D eigenvalue weighted by atomic mass is 15.4. The number of hydrogen-bond acceptors (Lipinski definition) is 3. The number of aromatic nitrogens is 3. The van der Waals surface area contributed by atoms with E-state index in [1.54, 1.807) is 4.68 Å². The van der Waals surface area contributed by atoms with Crippen molar-refractivity contribution in [3.05, 3.63) is 41.2 Å². The molecule has 0 aliphatic carbocycles. The predicted molar refractivity (Wildman–Crippen MR) is 78.9 cm³/mol. The van der Waals surface area contributed by atoms with Crippen LogP contribution in [-0.4, -0.2) is 15.0 Å². The van der Waals surface area contributed by atoms with Crippen molar-refractivity contribution in [2.45, 2.75) is 46.0 Å². The van der Waals surface area contributed by atoms with Crippen LogP contribution >= 0.6 is 0 Å². The van der Waals surface area contributed by atoms with Crippen LogP contribution in [0.25, 0.3) is 5.69 Å². The molecular weight excluding hydrogens is 248 g/mol. The number of hydrogen-bond donors (Lipinski definition) is 0. The molecule has 4 nitrogen and oxygen atoms in total.